The van der Waals surface area contributed by atoms with Crippen molar-refractivity contribution in [3.8, 4) is 0 Å². The van der Waals surface area contributed by atoms with E-state index in [0.717, 1.165) is 16.3 Å². The first-order chi connectivity index (χ1) is 9.87. The van der Waals surface area contributed by atoms with Gasteiger partial charge in [0.2, 0.25) is 0 Å². The van der Waals surface area contributed by atoms with Crippen molar-refractivity contribution in [2.45, 2.75) is 18.7 Å². The lowest BCUT2D eigenvalue weighted by molar-refractivity contribution is -0.137. The Hall–Kier alpha value is -1.59. The second kappa shape index (κ2) is 6.45. The average Bonchev–Trinajstić information content (AvgIpc) is 2.43. The fourth-order valence-corrected chi connectivity index (χ4v) is 2.34. The molecule has 1 N–H and O–H groups in total. The lowest BCUT2D eigenvalue weighted by atomic mass is 10.00. The van der Waals surface area contributed by atoms with Gasteiger partial charge in [0.05, 0.1) is 12.5 Å². The molecule has 0 aliphatic heterocycles. The lowest BCUT2D eigenvalue weighted by Gasteiger charge is -2.22. The highest BCUT2D eigenvalue weighted by Gasteiger charge is 2.27. The van der Waals surface area contributed by atoms with Crippen LogP contribution in [0.3, 0.4) is 0 Å². The fourth-order valence-electron chi connectivity index (χ4n) is 2.34. The van der Waals surface area contributed by atoms with Gasteiger partial charge in [-0.05, 0) is 23.4 Å². The molecule has 2 nitrogen and oxygen atoms in total. The van der Waals surface area contributed by atoms with E-state index in [1.807, 2.05) is 42.5 Å². The van der Waals surface area contributed by atoms with Crippen LogP contribution < -0.4 is 0 Å². The lowest BCUT2D eigenvalue weighted by Crippen LogP contribution is -2.28. The van der Waals surface area contributed by atoms with Gasteiger partial charge < -0.3 is 10.0 Å². The summed E-state index contributed by atoms with van der Waals surface area (Å²) in [5.74, 6) is 0. The summed E-state index contributed by atoms with van der Waals surface area (Å²) in [4.78, 5) is 1.50. The predicted octanol–water partition coefficient (Wildman–Crippen LogP) is 3.76. The normalized spacial score (nSPS) is 13.8. The van der Waals surface area contributed by atoms with Gasteiger partial charge in [0.15, 0.2) is 0 Å². The van der Waals surface area contributed by atoms with Crippen molar-refractivity contribution in [1.82, 2.24) is 4.90 Å². The van der Waals surface area contributed by atoms with Crippen LogP contribution in [0.5, 0.6) is 0 Å². The van der Waals surface area contributed by atoms with Crippen molar-refractivity contribution in [3.05, 3.63) is 48.0 Å². The zero-order valence-electron chi connectivity index (χ0n) is 11.8. The highest BCUT2D eigenvalue weighted by molar-refractivity contribution is 5.85. The van der Waals surface area contributed by atoms with Crippen molar-refractivity contribution in [2.24, 2.45) is 0 Å². The van der Waals surface area contributed by atoms with E-state index in [4.69, 9.17) is 0 Å². The number of halogens is 3. The average molecular weight is 297 g/mol. The Labute approximate surface area is 121 Å². The van der Waals surface area contributed by atoms with Crippen molar-refractivity contribution in [1.29, 1.82) is 0 Å². The molecule has 114 valence electrons. The fraction of sp³-hybridized carbons (Fsp3) is 0.375. The molecule has 2 rings (SSSR count). The van der Waals surface area contributed by atoms with E-state index in [1.54, 1.807) is 7.05 Å². The number of rotatable bonds is 5. The van der Waals surface area contributed by atoms with Crippen LogP contribution in [0.25, 0.3) is 10.8 Å². The second-order valence-electron chi connectivity index (χ2n) is 5.21. The number of fused-ring (bicyclic) bond motifs is 1. The van der Waals surface area contributed by atoms with E-state index in [2.05, 4.69) is 0 Å². The first-order valence-corrected chi connectivity index (χ1v) is 6.78. The molecule has 2 aromatic carbocycles. The molecule has 0 aliphatic carbocycles. The van der Waals surface area contributed by atoms with Crippen LogP contribution in [0.1, 0.15) is 18.1 Å². The number of hydrogen-bond donors (Lipinski definition) is 1. The van der Waals surface area contributed by atoms with Crippen LogP contribution >= 0.6 is 0 Å². The van der Waals surface area contributed by atoms with Crippen LogP contribution in [0.15, 0.2) is 42.5 Å². The summed E-state index contributed by atoms with van der Waals surface area (Å²) >= 11 is 0. The number of aliphatic hydroxyl groups excluding tert-OH is 1. The molecule has 0 bridgehead atoms. The van der Waals surface area contributed by atoms with Crippen LogP contribution in [0.2, 0.25) is 0 Å². The van der Waals surface area contributed by atoms with Crippen LogP contribution in [0.4, 0.5) is 13.2 Å². The van der Waals surface area contributed by atoms with Crippen molar-refractivity contribution < 1.29 is 18.3 Å². The zero-order valence-corrected chi connectivity index (χ0v) is 11.8. The Kier molecular flexibility index (Phi) is 4.85. The first-order valence-electron chi connectivity index (χ1n) is 6.78. The van der Waals surface area contributed by atoms with Gasteiger partial charge in [0, 0.05) is 13.1 Å². The monoisotopic (exact) mass is 297 g/mol. The van der Waals surface area contributed by atoms with E-state index >= 15 is 0 Å². The van der Waals surface area contributed by atoms with Crippen molar-refractivity contribution in [2.75, 3.05) is 20.1 Å². The van der Waals surface area contributed by atoms with Gasteiger partial charge in [-0.25, -0.2) is 0 Å². The van der Waals surface area contributed by atoms with Gasteiger partial charge in [-0.2, -0.15) is 13.2 Å². The van der Waals surface area contributed by atoms with Gasteiger partial charge >= 0.3 is 6.18 Å². The summed E-state index contributed by atoms with van der Waals surface area (Å²) in [6.45, 7) is 0.0510. The number of nitrogens with zero attached hydrogens (tertiary/aromatic N) is 1. The third-order valence-electron chi connectivity index (χ3n) is 3.44. The minimum Gasteiger partial charge on any atom is -0.387 e. The topological polar surface area (TPSA) is 23.5 Å². The van der Waals surface area contributed by atoms with Crippen molar-refractivity contribution >= 4 is 10.8 Å². The molecule has 0 saturated carbocycles. The second-order valence-corrected chi connectivity index (χ2v) is 5.21. The van der Waals surface area contributed by atoms with E-state index in [1.165, 1.54) is 4.90 Å². The Morgan fingerprint density at radius 2 is 1.76 bits per heavy atom. The smallest absolute Gasteiger partial charge is 0.387 e. The summed E-state index contributed by atoms with van der Waals surface area (Å²) < 4.78 is 36.6. The Balaban J connectivity index is 2.07. The van der Waals surface area contributed by atoms with E-state index in [0.29, 0.717) is 0 Å². The maximum Gasteiger partial charge on any atom is 0.390 e. The minimum atomic E-state index is -4.17. The third kappa shape index (κ3) is 4.44. The molecule has 0 saturated heterocycles. The van der Waals surface area contributed by atoms with Crippen molar-refractivity contribution in [3.63, 3.8) is 0 Å². The summed E-state index contributed by atoms with van der Waals surface area (Å²) in [5, 5.41) is 12.2. The highest BCUT2D eigenvalue weighted by Crippen LogP contribution is 2.25. The molecule has 21 heavy (non-hydrogen) atoms. The number of hydrogen-bond acceptors (Lipinski definition) is 2. The molecule has 0 heterocycles. The first kappa shape index (κ1) is 15.8. The summed E-state index contributed by atoms with van der Waals surface area (Å²) in [7, 11) is 1.58. The molecular weight excluding hydrogens is 279 g/mol. The maximum absolute atomic E-state index is 12.2. The molecule has 1 unspecified atom stereocenters. The number of aliphatic hydroxyl groups is 1. The molecule has 0 aromatic heterocycles. The molecule has 5 heteroatoms. The predicted molar refractivity (Wildman–Crippen MR) is 77.1 cm³/mol. The molecular formula is C16H18F3NO. The van der Waals surface area contributed by atoms with Crippen LogP contribution in [-0.4, -0.2) is 36.3 Å². The molecule has 2 aromatic rings. The SMILES string of the molecule is CN(CCC(F)(F)F)CC(O)c1cccc2ccccc12. The standard InChI is InChI=1S/C16H18F3NO/c1-20(10-9-16(17,18)19)11-15(21)14-8-4-6-12-5-2-3-7-13(12)14/h2-8,15,21H,9-11H2,1H3. The highest BCUT2D eigenvalue weighted by atomic mass is 19.4. The van der Waals surface area contributed by atoms with Gasteiger partial charge in [-0.3, -0.25) is 0 Å². The van der Waals surface area contributed by atoms with E-state index in [-0.39, 0.29) is 13.1 Å². The van der Waals surface area contributed by atoms with E-state index in [9.17, 15) is 18.3 Å². The Bertz CT molecular complexity index is 592. The molecule has 0 amide bonds. The third-order valence-corrected chi connectivity index (χ3v) is 3.44. The van der Waals surface area contributed by atoms with Crippen LogP contribution in [0, 0.1) is 0 Å². The molecule has 1 atom stereocenters. The molecule has 0 aliphatic rings. The zero-order chi connectivity index (χ0) is 15.5. The number of benzene rings is 2. The van der Waals surface area contributed by atoms with E-state index < -0.39 is 18.7 Å². The van der Waals surface area contributed by atoms with Gasteiger partial charge in [-0.1, -0.05) is 42.5 Å². The Morgan fingerprint density at radius 1 is 1.10 bits per heavy atom. The summed E-state index contributed by atoms with van der Waals surface area (Å²) in [6, 6.07) is 13.2. The quantitative estimate of drug-likeness (QED) is 0.908. The van der Waals surface area contributed by atoms with Gasteiger partial charge in [-0.15, -0.1) is 0 Å². The van der Waals surface area contributed by atoms with Gasteiger partial charge in [0.1, 0.15) is 0 Å². The van der Waals surface area contributed by atoms with Crippen LogP contribution in [-0.2, 0) is 0 Å². The number of likely N-dealkylation sites (N-methyl/N-ethyl adjacent to an activating group) is 1. The summed E-state index contributed by atoms with van der Waals surface area (Å²) in [6.07, 6.45) is -5.85. The molecule has 0 radical (unpaired) electrons. The summed E-state index contributed by atoms with van der Waals surface area (Å²) in [5.41, 5.74) is 0.743. The minimum absolute atomic E-state index is 0.120. The molecule has 0 spiro atoms. The largest absolute Gasteiger partial charge is 0.390 e. The number of alkyl halides is 3. The van der Waals surface area contributed by atoms with Gasteiger partial charge in [0.25, 0.3) is 0 Å². The molecule has 0 fully saturated rings. The Morgan fingerprint density at radius 3 is 2.48 bits per heavy atom. The maximum atomic E-state index is 12.2.